The number of nitrogens with zero attached hydrogens (tertiary/aromatic N) is 1. The van der Waals surface area contributed by atoms with Crippen LogP contribution >= 0.6 is 0 Å². The van der Waals surface area contributed by atoms with Gasteiger partial charge in [-0.05, 0) is 31.2 Å². The van der Waals surface area contributed by atoms with E-state index in [4.69, 9.17) is 9.94 Å². The molecule has 1 atom stereocenters. The molecule has 5 heteroatoms. The molecule has 3 rings (SSSR count). The first-order valence-corrected chi connectivity index (χ1v) is 7.21. The number of amides is 1. The average Bonchev–Trinajstić information content (AvgIpc) is 2.74. The molecule has 22 heavy (non-hydrogen) atoms. The van der Waals surface area contributed by atoms with E-state index in [1.165, 1.54) is 0 Å². The first-order valence-electron chi connectivity index (χ1n) is 7.21. The number of hydroxylamine groups is 1. The van der Waals surface area contributed by atoms with Gasteiger partial charge in [-0.25, -0.2) is 5.48 Å². The number of fused-ring (bicyclic) bond motifs is 1. The number of hydrogen-bond acceptors (Lipinski definition) is 4. The number of benzene rings is 2. The van der Waals surface area contributed by atoms with E-state index in [1.807, 2.05) is 24.3 Å². The van der Waals surface area contributed by atoms with Crippen molar-refractivity contribution in [1.29, 1.82) is 0 Å². The van der Waals surface area contributed by atoms with Gasteiger partial charge in [0, 0.05) is 23.4 Å². The molecule has 0 spiro atoms. The Morgan fingerprint density at radius 2 is 2.05 bits per heavy atom. The van der Waals surface area contributed by atoms with E-state index >= 15 is 0 Å². The lowest BCUT2D eigenvalue weighted by molar-refractivity contribution is 0.0706. The van der Waals surface area contributed by atoms with Crippen molar-refractivity contribution in [3.63, 3.8) is 0 Å². The Bertz CT molecular complexity index is 673. The second-order valence-electron chi connectivity index (χ2n) is 5.39. The highest BCUT2D eigenvalue weighted by Gasteiger charge is 2.22. The molecule has 0 fully saturated rings. The monoisotopic (exact) mass is 298 g/mol. The van der Waals surface area contributed by atoms with Crippen LogP contribution in [0.1, 0.15) is 22.8 Å². The molecule has 0 saturated carbocycles. The fourth-order valence-electron chi connectivity index (χ4n) is 2.63. The molecule has 1 amide bonds. The SMILES string of the molecule is C[C@H]1COc2cc(C(=O)NO)ccc2CN1c1ccccc1. The molecule has 5 nitrogen and oxygen atoms in total. The summed E-state index contributed by atoms with van der Waals surface area (Å²) in [5, 5.41) is 8.73. The summed E-state index contributed by atoms with van der Waals surface area (Å²) in [6.45, 7) is 3.36. The van der Waals surface area contributed by atoms with Crippen molar-refractivity contribution >= 4 is 11.6 Å². The highest BCUT2D eigenvalue weighted by atomic mass is 16.5. The fourth-order valence-corrected chi connectivity index (χ4v) is 2.63. The van der Waals surface area contributed by atoms with Crippen LogP contribution in [0.2, 0.25) is 0 Å². The lowest BCUT2D eigenvalue weighted by Gasteiger charge is -2.28. The van der Waals surface area contributed by atoms with E-state index in [9.17, 15) is 4.79 Å². The maximum atomic E-state index is 11.5. The van der Waals surface area contributed by atoms with Crippen molar-refractivity contribution in [2.45, 2.75) is 19.5 Å². The summed E-state index contributed by atoms with van der Waals surface area (Å²) in [6, 6.07) is 15.6. The molecule has 1 aliphatic rings. The summed E-state index contributed by atoms with van der Waals surface area (Å²) in [6.07, 6.45) is 0. The van der Waals surface area contributed by atoms with Crippen LogP contribution < -0.4 is 15.1 Å². The number of carbonyl (C=O) groups is 1. The minimum Gasteiger partial charge on any atom is -0.491 e. The Morgan fingerprint density at radius 1 is 1.27 bits per heavy atom. The number of nitrogens with one attached hydrogen (secondary N) is 1. The van der Waals surface area contributed by atoms with Crippen LogP contribution in [-0.2, 0) is 6.54 Å². The number of rotatable bonds is 2. The summed E-state index contributed by atoms with van der Waals surface area (Å²) in [5.41, 5.74) is 4.18. The molecule has 2 aromatic rings. The summed E-state index contributed by atoms with van der Waals surface area (Å²) < 4.78 is 5.84. The second-order valence-corrected chi connectivity index (χ2v) is 5.39. The Morgan fingerprint density at radius 3 is 2.77 bits per heavy atom. The van der Waals surface area contributed by atoms with Gasteiger partial charge in [-0.15, -0.1) is 0 Å². The molecule has 0 unspecified atom stereocenters. The van der Waals surface area contributed by atoms with Gasteiger partial charge in [0.2, 0.25) is 0 Å². The highest BCUT2D eigenvalue weighted by molar-refractivity contribution is 5.93. The molecule has 2 aromatic carbocycles. The molecule has 0 radical (unpaired) electrons. The van der Waals surface area contributed by atoms with Crippen LogP contribution in [0.3, 0.4) is 0 Å². The van der Waals surface area contributed by atoms with E-state index in [1.54, 1.807) is 17.6 Å². The second kappa shape index (κ2) is 6.07. The molecule has 0 saturated heterocycles. The zero-order valence-corrected chi connectivity index (χ0v) is 12.3. The van der Waals surface area contributed by atoms with E-state index < -0.39 is 5.91 Å². The summed E-state index contributed by atoms with van der Waals surface area (Å²) in [7, 11) is 0. The quantitative estimate of drug-likeness (QED) is 0.661. The summed E-state index contributed by atoms with van der Waals surface area (Å²) in [5.74, 6) is 0.148. The average molecular weight is 298 g/mol. The molecule has 1 heterocycles. The molecule has 114 valence electrons. The van der Waals surface area contributed by atoms with Gasteiger partial charge in [0.15, 0.2) is 0 Å². The lowest BCUT2D eigenvalue weighted by atomic mass is 10.1. The molecular formula is C17H18N2O3. The third-order valence-electron chi connectivity index (χ3n) is 3.87. The highest BCUT2D eigenvalue weighted by Crippen LogP contribution is 2.29. The predicted molar refractivity (Wildman–Crippen MR) is 83.3 cm³/mol. The summed E-state index contributed by atoms with van der Waals surface area (Å²) >= 11 is 0. The van der Waals surface area contributed by atoms with Crippen LogP contribution in [-0.4, -0.2) is 23.8 Å². The van der Waals surface area contributed by atoms with Crippen molar-refractivity contribution in [3.05, 3.63) is 59.7 Å². The van der Waals surface area contributed by atoms with E-state index in [2.05, 4.69) is 24.0 Å². The molecule has 0 aliphatic carbocycles. The van der Waals surface area contributed by atoms with Gasteiger partial charge in [-0.2, -0.15) is 0 Å². The standard InChI is InChI=1S/C17H18N2O3/c1-12-11-22-16-9-13(17(20)18-21)7-8-14(16)10-19(12)15-5-3-2-4-6-15/h2-9,12,21H,10-11H2,1H3,(H,18,20)/t12-/m0/s1. The molecule has 1 aliphatic heterocycles. The number of carbonyl (C=O) groups excluding carboxylic acids is 1. The smallest absolute Gasteiger partial charge is 0.274 e. The Balaban J connectivity index is 1.93. The van der Waals surface area contributed by atoms with Crippen LogP contribution in [0.4, 0.5) is 5.69 Å². The van der Waals surface area contributed by atoms with Gasteiger partial charge in [0.25, 0.3) is 5.91 Å². The Hall–Kier alpha value is -2.53. The Kier molecular flexibility index (Phi) is 3.98. The van der Waals surface area contributed by atoms with Crippen molar-refractivity contribution in [2.75, 3.05) is 11.5 Å². The van der Waals surface area contributed by atoms with Crippen LogP contribution in [0.5, 0.6) is 5.75 Å². The zero-order valence-electron chi connectivity index (χ0n) is 12.3. The van der Waals surface area contributed by atoms with Gasteiger partial charge in [0.05, 0.1) is 6.04 Å². The minimum absolute atomic E-state index is 0.213. The summed E-state index contributed by atoms with van der Waals surface area (Å²) in [4.78, 5) is 13.8. The van der Waals surface area contributed by atoms with Crippen molar-refractivity contribution < 1.29 is 14.7 Å². The number of para-hydroxylation sites is 1. The predicted octanol–water partition coefficient (Wildman–Crippen LogP) is 2.59. The normalized spacial score (nSPS) is 17.2. The number of ether oxygens (including phenoxy) is 1. The molecule has 0 aromatic heterocycles. The maximum absolute atomic E-state index is 11.5. The maximum Gasteiger partial charge on any atom is 0.274 e. The molecule has 2 N–H and O–H groups in total. The number of anilines is 1. The van der Waals surface area contributed by atoms with Gasteiger partial charge in [-0.1, -0.05) is 24.3 Å². The minimum atomic E-state index is -0.538. The van der Waals surface area contributed by atoms with E-state index in [0.717, 1.165) is 11.3 Å². The molecular weight excluding hydrogens is 280 g/mol. The van der Waals surface area contributed by atoms with E-state index in [0.29, 0.717) is 24.5 Å². The van der Waals surface area contributed by atoms with Crippen LogP contribution in [0.25, 0.3) is 0 Å². The Labute approximate surface area is 129 Å². The zero-order chi connectivity index (χ0) is 15.5. The fraction of sp³-hybridized carbons (Fsp3) is 0.235. The van der Waals surface area contributed by atoms with Crippen LogP contribution in [0.15, 0.2) is 48.5 Å². The third-order valence-corrected chi connectivity index (χ3v) is 3.87. The van der Waals surface area contributed by atoms with Crippen molar-refractivity contribution in [2.24, 2.45) is 0 Å². The van der Waals surface area contributed by atoms with Crippen molar-refractivity contribution in [3.8, 4) is 5.75 Å². The third kappa shape index (κ3) is 2.76. The number of hydrogen-bond donors (Lipinski definition) is 2. The molecule has 0 bridgehead atoms. The lowest BCUT2D eigenvalue weighted by Crippen LogP contribution is -2.34. The van der Waals surface area contributed by atoms with Gasteiger partial charge in [0.1, 0.15) is 12.4 Å². The first kappa shape index (κ1) is 14.4. The first-order chi connectivity index (χ1) is 10.7. The van der Waals surface area contributed by atoms with Gasteiger partial charge >= 0.3 is 0 Å². The van der Waals surface area contributed by atoms with Crippen molar-refractivity contribution in [1.82, 2.24) is 5.48 Å². The largest absolute Gasteiger partial charge is 0.491 e. The van der Waals surface area contributed by atoms with Gasteiger partial charge < -0.3 is 9.64 Å². The van der Waals surface area contributed by atoms with Crippen LogP contribution in [0, 0.1) is 0 Å². The van der Waals surface area contributed by atoms with E-state index in [-0.39, 0.29) is 6.04 Å². The topological polar surface area (TPSA) is 61.8 Å². The van der Waals surface area contributed by atoms with Gasteiger partial charge in [-0.3, -0.25) is 10.0 Å².